The summed E-state index contributed by atoms with van der Waals surface area (Å²) < 4.78 is 5.81. The van der Waals surface area contributed by atoms with E-state index in [0.717, 1.165) is 23.3 Å². The van der Waals surface area contributed by atoms with Gasteiger partial charge < -0.3 is 10.2 Å². The number of hydrogen-bond acceptors (Lipinski definition) is 4. The second-order valence-electron chi connectivity index (χ2n) is 5.79. The molecule has 1 aromatic heterocycles. The number of hydrogen-bond donors (Lipinski definition) is 1. The highest BCUT2D eigenvalue weighted by Gasteiger charge is 2.47. The molecule has 2 aliphatic carbocycles. The number of aromatic nitrogens is 2. The van der Waals surface area contributed by atoms with Gasteiger partial charge in [-0.05, 0) is 36.7 Å². The maximum Gasteiger partial charge on any atom is 0.237 e. The van der Waals surface area contributed by atoms with Gasteiger partial charge in [0.1, 0.15) is 6.04 Å². The Balaban J connectivity index is 1.54. The largest absolute Gasteiger partial charge is 0.423 e. The summed E-state index contributed by atoms with van der Waals surface area (Å²) in [6, 6.07) is 9.56. The Morgan fingerprint density at radius 1 is 1.05 bits per heavy atom. The Labute approximate surface area is 112 Å². The van der Waals surface area contributed by atoms with Crippen molar-refractivity contribution in [2.45, 2.75) is 31.2 Å². The number of nitrogens with zero attached hydrogens (tertiary/aromatic N) is 2. The van der Waals surface area contributed by atoms with E-state index in [1.165, 1.54) is 19.3 Å². The molecule has 2 saturated carbocycles. The van der Waals surface area contributed by atoms with E-state index in [-0.39, 0.29) is 6.04 Å². The first-order chi connectivity index (χ1) is 9.31. The third kappa shape index (κ3) is 1.96. The van der Waals surface area contributed by atoms with Crippen molar-refractivity contribution in [3.05, 3.63) is 47.7 Å². The summed E-state index contributed by atoms with van der Waals surface area (Å²) in [7, 11) is 0. The first-order valence-corrected chi connectivity index (χ1v) is 6.95. The topological polar surface area (TPSA) is 64.9 Å². The van der Waals surface area contributed by atoms with E-state index in [2.05, 4.69) is 10.2 Å². The first-order valence-electron chi connectivity index (χ1n) is 6.95. The lowest BCUT2D eigenvalue weighted by atomic mass is 10.0. The van der Waals surface area contributed by atoms with E-state index in [9.17, 15) is 0 Å². The van der Waals surface area contributed by atoms with Gasteiger partial charge in [0.25, 0.3) is 0 Å². The second kappa shape index (κ2) is 4.17. The van der Waals surface area contributed by atoms with E-state index in [1.807, 2.05) is 30.3 Å². The second-order valence-corrected chi connectivity index (χ2v) is 5.79. The van der Waals surface area contributed by atoms with Crippen LogP contribution in [-0.2, 0) is 0 Å². The monoisotopic (exact) mass is 255 g/mol. The Morgan fingerprint density at radius 2 is 1.79 bits per heavy atom. The molecule has 3 unspecified atom stereocenters. The third-order valence-corrected chi connectivity index (χ3v) is 4.47. The molecule has 4 nitrogen and oxygen atoms in total. The number of fused-ring (bicyclic) bond motifs is 1. The lowest BCUT2D eigenvalue weighted by Gasteiger charge is -2.07. The molecule has 19 heavy (non-hydrogen) atoms. The summed E-state index contributed by atoms with van der Waals surface area (Å²) >= 11 is 0. The molecule has 2 N–H and O–H groups in total. The highest BCUT2D eigenvalue weighted by molar-refractivity contribution is 5.23. The highest BCUT2D eigenvalue weighted by Crippen LogP contribution is 2.57. The van der Waals surface area contributed by atoms with Gasteiger partial charge in [0.05, 0.1) is 0 Å². The van der Waals surface area contributed by atoms with Crippen molar-refractivity contribution >= 4 is 0 Å². The maximum absolute atomic E-state index is 6.17. The van der Waals surface area contributed by atoms with Crippen molar-refractivity contribution < 1.29 is 4.42 Å². The van der Waals surface area contributed by atoms with E-state index in [1.54, 1.807) is 0 Å². The van der Waals surface area contributed by atoms with Crippen LogP contribution in [0, 0.1) is 11.8 Å². The molecular formula is C15H17N3O. The molecule has 0 radical (unpaired) electrons. The normalized spacial score (nSPS) is 30.1. The summed E-state index contributed by atoms with van der Waals surface area (Å²) in [4.78, 5) is 0. The van der Waals surface area contributed by atoms with Gasteiger partial charge in [0.15, 0.2) is 0 Å². The van der Waals surface area contributed by atoms with Gasteiger partial charge in [-0.1, -0.05) is 30.3 Å². The maximum atomic E-state index is 6.17. The molecule has 1 heterocycles. The van der Waals surface area contributed by atoms with Crippen LogP contribution in [0.4, 0.5) is 0 Å². The molecule has 0 spiro atoms. The van der Waals surface area contributed by atoms with Crippen LogP contribution in [0.25, 0.3) is 0 Å². The van der Waals surface area contributed by atoms with E-state index < -0.39 is 0 Å². The number of rotatable bonds is 3. The van der Waals surface area contributed by atoms with Crippen molar-refractivity contribution in [2.24, 2.45) is 17.6 Å². The summed E-state index contributed by atoms with van der Waals surface area (Å²) in [5.74, 6) is 3.62. The van der Waals surface area contributed by atoms with Gasteiger partial charge in [-0.3, -0.25) is 0 Å². The molecule has 0 saturated heterocycles. The van der Waals surface area contributed by atoms with Crippen LogP contribution in [0.1, 0.15) is 48.6 Å². The Kier molecular flexibility index (Phi) is 2.45. The molecule has 0 amide bonds. The SMILES string of the molecule is NC(c1ccccc1)c1nnc(C2CC3CC3C2)o1. The van der Waals surface area contributed by atoms with Crippen molar-refractivity contribution in [2.75, 3.05) is 0 Å². The van der Waals surface area contributed by atoms with E-state index in [0.29, 0.717) is 11.8 Å². The molecule has 98 valence electrons. The van der Waals surface area contributed by atoms with E-state index >= 15 is 0 Å². The smallest absolute Gasteiger partial charge is 0.237 e. The lowest BCUT2D eigenvalue weighted by molar-refractivity contribution is 0.394. The molecule has 2 fully saturated rings. The average Bonchev–Trinajstić information content (AvgIpc) is 2.91. The molecular weight excluding hydrogens is 238 g/mol. The Bertz CT molecular complexity index is 570. The zero-order chi connectivity index (χ0) is 12.8. The van der Waals surface area contributed by atoms with Gasteiger partial charge in [0.2, 0.25) is 11.8 Å². The van der Waals surface area contributed by atoms with Gasteiger partial charge in [-0.25, -0.2) is 0 Å². The van der Waals surface area contributed by atoms with Gasteiger partial charge in [-0.2, -0.15) is 0 Å². The molecule has 3 atom stereocenters. The molecule has 0 bridgehead atoms. The molecule has 4 rings (SSSR count). The van der Waals surface area contributed by atoms with Gasteiger partial charge in [0, 0.05) is 5.92 Å². The minimum absolute atomic E-state index is 0.321. The van der Waals surface area contributed by atoms with E-state index in [4.69, 9.17) is 10.2 Å². The molecule has 0 aliphatic heterocycles. The van der Waals surface area contributed by atoms with Crippen molar-refractivity contribution in [1.82, 2.24) is 10.2 Å². The Morgan fingerprint density at radius 3 is 2.53 bits per heavy atom. The first kappa shape index (κ1) is 11.2. The van der Waals surface area contributed by atoms with Crippen LogP contribution in [0.3, 0.4) is 0 Å². The summed E-state index contributed by atoms with van der Waals surface area (Å²) in [5, 5.41) is 8.34. The van der Waals surface area contributed by atoms with Crippen LogP contribution in [0.2, 0.25) is 0 Å². The van der Waals surface area contributed by atoms with Gasteiger partial charge in [-0.15, -0.1) is 10.2 Å². The molecule has 2 aromatic rings. The van der Waals surface area contributed by atoms with Crippen molar-refractivity contribution in [1.29, 1.82) is 0 Å². The Hall–Kier alpha value is -1.68. The zero-order valence-corrected chi connectivity index (χ0v) is 10.7. The van der Waals surface area contributed by atoms with Crippen molar-refractivity contribution in [3.8, 4) is 0 Å². The molecule has 2 aliphatic rings. The quantitative estimate of drug-likeness (QED) is 0.915. The fourth-order valence-corrected chi connectivity index (χ4v) is 3.26. The highest BCUT2D eigenvalue weighted by atomic mass is 16.4. The average molecular weight is 255 g/mol. The minimum Gasteiger partial charge on any atom is -0.423 e. The van der Waals surface area contributed by atoms with Gasteiger partial charge >= 0.3 is 0 Å². The standard InChI is InChI=1S/C15H17N3O/c16-13(9-4-2-1-3-5-9)15-18-17-14(19-15)12-7-10-6-11(10)8-12/h1-5,10-13H,6-8,16H2. The minimum atomic E-state index is -0.321. The summed E-state index contributed by atoms with van der Waals surface area (Å²) in [6.45, 7) is 0. The predicted molar refractivity (Wildman–Crippen MR) is 70.3 cm³/mol. The number of nitrogens with two attached hydrogens (primary N) is 1. The third-order valence-electron chi connectivity index (χ3n) is 4.47. The van der Waals surface area contributed by atoms with Crippen molar-refractivity contribution in [3.63, 3.8) is 0 Å². The number of benzene rings is 1. The van der Waals surface area contributed by atoms with Crippen LogP contribution in [0.5, 0.6) is 0 Å². The lowest BCUT2D eigenvalue weighted by Crippen LogP contribution is -2.12. The van der Waals surface area contributed by atoms with Crippen LogP contribution in [-0.4, -0.2) is 10.2 Å². The summed E-state index contributed by atoms with van der Waals surface area (Å²) in [6.07, 6.45) is 3.83. The van der Waals surface area contributed by atoms with Crippen LogP contribution >= 0.6 is 0 Å². The molecule has 1 aromatic carbocycles. The fourth-order valence-electron chi connectivity index (χ4n) is 3.26. The fraction of sp³-hybridized carbons (Fsp3) is 0.467. The van der Waals surface area contributed by atoms with Crippen LogP contribution in [0.15, 0.2) is 34.7 Å². The summed E-state index contributed by atoms with van der Waals surface area (Å²) in [5.41, 5.74) is 7.17. The van der Waals surface area contributed by atoms with Crippen LogP contribution < -0.4 is 5.73 Å². The predicted octanol–water partition coefficient (Wildman–Crippen LogP) is 2.63. The zero-order valence-electron chi connectivity index (χ0n) is 10.7. The molecule has 4 heteroatoms.